The van der Waals surface area contributed by atoms with Crippen LogP contribution in [0.15, 0.2) is 23.8 Å². The number of allylic oxidation sites excluding steroid dienone is 3. The molecule has 0 radical (unpaired) electrons. The number of nitrogens with one attached hydrogen (secondary N) is 1. The van der Waals surface area contributed by atoms with Gasteiger partial charge in [0.25, 0.3) is 5.24 Å². The van der Waals surface area contributed by atoms with E-state index in [2.05, 4.69) is 24.4 Å². The second-order valence-electron chi connectivity index (χ2n) is 7.89. The average molecular weight is 396 g/mol. The molecule has 5 atom stereocenters. The van der Waals surface area contributed by atoms with Crippen molar-refractivity contribution in [3.63, 3.8) is 0 Å². The molecule has 7 heteroatoms. The van der Waals surface area contributed by atoms with Crippen LogP contribution in [0.1, 0.15) is 52.4 Å². The first-order valence-corrected chi connectivity index (χ1v) is 10.7. The molecule has 6 nitrogen and oxygen atoms in total. The van der Waals surface area contributed by atoms with Gasteiger partial charge in [0.05, 0.1) is 12.1 Å². The van der Waals surface area contributed by atoms with Gasteiger partial charge in [-0.25, -0.2) is 4.79 Å². The highest BCUT2D eigenvalue weighted by Crippen LogP contribution is 2.37. The van der Waals surface area contributed by atoms with Crippen LogP contribution in [0, 0.1) is 5.92 Å². The van der Waals surface area contributed by atoms with Gasteiger partial charge in [-0.3, -0.25) is 4.79 Å². The molecule has 150 valence electrons. The molecule has 27 heavy (non-hydrogen) atoms. The largest absolute Gasteiger partial charge is 0.459 e. The minimum atomic E-state index is -1.51. The summed E-state index contributed by atoms with van der Waals surface area (Å²) in [4.78, 5) is 23.9. The van der Waals surface area contributed by atoms with Crippen molar-refractivity contribution in [2.75, 3.05) is 5.75 Å². The third kappa shape index (κ3) is 5.59. The fourth-order valence-electron chi connectivity index (χ4n) is 3.86. The number of hydrogen-bond donors (Lipinski definition) is 2. The minimum absolute atomic E-state index is 0.160. The molecule has 0 aliphatic carbocycles. The standard InChI is InChI=1S/C20H29NO5S/c1-13-5-3-4-6-14(2)9-18(22)25-16-10-15(8-7-13)26-20(24,11-16)17-12-27-19(23)21-17/h3,5,9,13,15-17,24H,4,6-8,10-12H2,1-2H3,(H,21,23)/t13-,15?,16-,17+,20-/m1/s1. The first-order valence-electron chi connectivity index (χ1n) is 9.72. The lowest BCUT2D eigenvalue weighted by Crippen LogP contribution is -2.58. The number of thioether (sulfide) groups is 1. The van der Waals surface area contributed by atoms with E-state index in [0.29, 0.717) is 18.1 Å². The predicted molar refractivity (Wildman–Crippen MR) is 104 cm³/mol. The lowest BCUT2D eigenvalue weighted by molar-refractivity contribution is -0.283. The van der Waals surface area contributed by atoms with Crippen molar-refractivity contribution in [3.8, 4) is 0 Å². The van der Waals surface area contributed by atoms with E-state index in [1.807, 2.05) is 6.92 Å². The molecule has 1 amide bonds. The smallest absolute Gasteiger partial charge is 0.330 e. The molecule has 2 fully saturated rings. The Morgan fingerprint density at radius 1 is 1.30 bits per heavy atom. The van der Waals surface area contributed by atoms with E-state index in [9.17, 15) is 14.7 Å². The molecule has 3 rings (SSSR count). The summed E-state index contributed by atoms with van der Waals surface area (Å²) in [7, 11) is 0. The lowest BCUT2D eigenvalue weighted by Gasteiger charge is -2.43. The van der Waals surface area contributed by atoms with Crippen molar-refractivity contribution in [2.24, 2.45) is 5.92 Å². The van der Waals surface area contributed by atoms with Gasteiger partial charge < -0.3 is 19.9 Å². The summed E-state index contributed by atoms with van der Waals surface area (Å²) in [6.07, 6.45) is 9.42. The van der Waals surface area contributed by atoms with Gasteiger partial charge in [-0.1, -0.05) is 36.4 Å². The number of fused-ring (bicyclic) bond motifs is 2. The van der Waals surface area contributed by atoms with Gasteiger partial charge in [0.15, 0.2) is 5.79 Å². The van der Waals surface area contributed by atoms with Gasteiger partial charge >= 0.3 is 5.97 Å². The molecule has 0 aromatic rings. The summed E-state index contributed by atoms with van der Waals surface area (Å²) in [6, 6.07) is -0.493. The van der Waals surface area contributed by atoms with Gasteiger partial charge in [-0.05, 0) is 38.5 Å². The van der Waals surface area contributed by atoms with E-state index in [4.69, 9.17) is 9.47 Å². The molecular weight excluding hydrogens is 366 g/mol. The zero-order valence-corrected chi connectivity index (χ0v) is 16.8. The molecule has 0 aromatic carbocycles. The first-order chi connectivity index (χ1) is 12.8. The number of rotatable bonds is 1. The van der Waals surface area contributed by atoms with Crippen LogP contribution in [0.25, 0.3) is 0 Å². The maximum absolute atomic E-state index is 12.3. The fraction of sp³-hybridized carbons (Fsp3) is 0.700. The lowest BCUT2D eigenvalue weighted by atomic mass is 9.90. The molecule has 3 heterocycles. The summed E-state index contributed by atoms with van der Waals surface area (Å²) in [5.41, 5.74) is 0.979. The molecule has 0 spiro atoms. The molecule has 2 saturated heterocycles. The van der Waals surface area contributed by atoms with Gasteiger partial charge in [-0.15, -0.1) is 0 Å². The Morgan fingerprint density at radius 2 is 2.11 bits per heavy atom. The number of amides is 1. The number of ether oxygens (including phenoxy) is 2. The highest BCUT2D eigenvalue weighted by atomic mass is 32.2. The van der Waals surface area contributed by atoms with Crippen LogP contribution in [0.3, 0.4) is 0 Å². The summed E-state index contributed by atoms with van der Waals surface area (Å²) in [5, 5.41) is 13.7. The van der Waals surface area contributed by atoms with Crippen LogP contribution >= 0.6 is 11.8 Å². The SMILES string of the molecule is CC1=CC(=O)O[C@@H]2CC(CC[C@H](C)C=CCC1)O[C@@](O)([C@@H]1CSC(=O)N1)C2. The second kappa shape index (κ2) is 8.80. The van der Waals surface area contributed by atoms with E-state index in [1.165, 1.54) is 0 Å². The Labute approximate surface area is 164 Å². The number of carbonyl (C=O) groups is 2. The van der Waals surface area contributed by atoms with Crippen molar-refractivity contribution in [3.05, 3.63) is 23.8 Å². The highest BCUT2D eigenvalue weighted by molar-refractivity contribution is 8.14. The van der Waals surface area contributed by atoms with Crippen LogP contribution in [0.4, 0.5) is 4.79 Å². The number of esters is 1. The minimum Gasteiger partial charge on any atom is -0.459 e. The summed E-state index contributed by atoms with van der Waals surface area (Å²) in [5.74, 6) is -1.03. The van der Waals surface area contributed by atoms with E-state index in [0.717, 1.165) is 43.0 Å². The summed E-state index contributed by atoms with van der Waals surface area (Å²) < 4.78 is 11.7. The van der Waals surface area contributed by atoms with Crippen molar-refractivity contribution in [1.82, 2.24) is 5.32 Å². The zero-order valence-electron chi connectivity index (χ0n) is 16.0. The van der Waals surface area contributed by atoms with E-state index in [1.54, 1.807) is 6.08 Å². The number of carbonyl (C=O) groups excluding carboxylic acids is 2. The van der Waals surface area contributed by atoms with Crippen LogP contribution in [-0.2, 0) is 14.3 Å². The van der Waals surface area contributed by atoms with Crippen LogP contribution in [0.2, 0.25) is 0 Å². The maximum Gasteiger partial charge on any atom is 0.330 e. The van der Waals surface area contributed by atoms with E-state index in [-0.39, 0.29) is 23.7 Å². The predicted octanol–water partition coefficient (Wildman–Crippen LogP) is 3.30. The second-order valence-corrected chi connectivity index (χ2v) is 8.88. The Kier molecular flexibility index (Phi) is 6.65. The third-order valence-electron chi connectivity index (χ3n) is 5.40. The molecule has 2 bridgehead atoms. The Morgan fingerprint density at radius 3 is 2.85 bits per heavy atom. The van der Waals surface area contributed by atoms with E-state index >= 15 is 0 Å². The van der Waals surface area contributed by atoms with Gasteiger partial charge in [0.1, 0.15) is 6.10 Å². The molecular formula is C20H29NO5S. The maximum atomic E-state index is 12.3. The molecule has 1 unspecified atom stereocenters. The van der Waals surface area contributed by atoms with Gasteiger partial charge in [0.2, 0.25) is 0 Å². The Balaban J connectivity index is 1.78. The van der Waals surface area contributed by atoms with E-state index < -0.39 is 17.9 Å². The van der Waals surface area contributed by atoms with Crippen LogP contribution in [0.5, 0.6) is 0 Å². The zero-order chi connectivity index (χ0) is 19.4. The molecule has 0 aromatic heterocycles. The molecule has 3 aliphatic heterocycles. The number of aliphatic hydroxyl groups is 1. The highest BCUT2D eigenvalue weighted by Gasteiger charge is 2.49. The fourth-order valence-corrected chi connectivity index (χ4v) is 4.75. The van der Waals surface area contributed by atoms with Crippen molar-refractivity contribution < 1.29 is 24.2 Å². The van der Waals surface area contributed by atoms with Crippen molar-refractivity contribution >= 4 is 23.0 Å². The molecule has 2 N–H and O–H groups in total. The van der Waals surface area contributed by atoms with Gasteiger partial charge in [-0.2, -0.15) is 0 Å². The third-order valence-corrected chi connectivity index (χ3v) is 6.28. The van der Waals surface area contributed by atoms with Gasteiger partial charge in [0, 0.05) is 24.7 Å². The van der Waals surface area contributed by atoms with Crippen molar-refractivity contribution in [2.45, 2.75) is 76.4 Å². The molecule has 3 aliphatic rings. The number of hydrogen-bond acceptors (Lipinski definition) is 6. The Bertz CT molecular complexity index is 634. The first kappa shape index (κ1) is 20.4. The van der Waals surface area contributed by atoms with Crippen LogP contribution < -0.4 is 5.32 Å². The summed E-state index contributed by atoms with van der Waals surface area (Å²) in [6.45, 7) is 4.10. The quantitative estimate of drug-likeness (QED) is 0.523. The van der Waals surface area contributed by atoms with Crippen molar-refractivity contribution in [1.29, 1.82) is 0 Å². The molecule has 0 saturated carbocycles. The average Bonchev–Trinajstić information content (AvgIpc) is 3.03. The topological polar surface area (TPSA) is 84.9 Å². The summed E-state index contributed by atoms with van der Waals surface area (Å²) >= 11 is 1.14. The normalized spacial score (nSPS) is 38.6. The monoisotopic (exact) mass is 395 g/mol. The Hall–Kier alpha value is -1.31. The van der Waals surface area contributed by atoms with Crippen LogP contribution in [-0.4, -0.2) is 46.1 Å².